The highest BCUT2D eigenvalue weighted by Crippen LogP contribution is 2.33. The molecule has 25 heavy (non-hydrogen) atoms. The Labute approximate surface area is 147 Å². The van der Waals surface area contributed by atoms with E-state index in [0.717, 1.165) is 44.2 Å². The molecular weight excluding hydrogens is 322 g/mol. The van der Waals surface area contributed by atoms with E-state index in [0.29, 0.717) is 18.0 Å². The second-order valence-corrected chi connectivity index (χ2v) is 6.70. The van der Waals surface area contributed by atoms with Gasteiger partial charge in [-0.05, 0) is 42.8 Å². The third kappa shape index (κ3) is 5.00. The van der Waals surface area contributed by atoms with Gasteiger partial charge in [-0.3, -0.25) is 4.90 Å². The molecule has 0 aliphatic carbocycles. The van der Waals surface area contributed by atoms with E-state index in [9.17, 15) is 8.78 Å². The Balaban J connectivity index is 1.85. The van der Waals surface area contributed by atoms with Crippen molar-refractivity contribution < 1.29 is 13.5 Å². The number of nitrogens with one attached hydrogen (secondary N) is 1. The van der Waals surface area contributed by atoms with Crippen molar-refractivity contribution in [1.82, 2.24) is 10.2 Å². The molecule has 2 aromatic rings. The molecule has 1 fully saturated rings. The number of rotatable bonds is 5. The van der Waals surface area contributed by atoms with Crippen molar-refractivity contribution in [2.45, 2.75) is 26.3 Å². The van der Waals surface area contributed by atoms with Crippen LogP contribution in [-0.4, -0.2) is 31.1 Å². The lowest BCUT2D eigenvalue weighted by Gasteiger charge is -2.27. The number of hydrogen-bond donors (Lipinski definition) is 1. The Kier molecular flexibility index (Phi) is 5.35. The Morgan fingerprint density at radius 3 is 2.36 bits per heavy atom. The molecule has 0 unspecified atom stereocenters. The lowest BCUT2D eigenvalue weighted by Crippen LogP contribution is -2.42. The van der Waals surface area contributed by atoms with Crippen LogP contribution in [0.5, 0.6) is 11.5 Å². The van der Waals surface area contributed by atoms with Gasteiger partial charge >= 0.3 is 0 Å². The van der Waals surface area contributed by atoms with E-state index >= 15 is 0 Å². The van der Waals surface area contributed by atoms with Gasteiger partial charge in [-0.2, -0.15) is 0 Å². The van der Waals surface area contributed by atoms with Gasteiger partial charge in [0.25, 0.3) is 5.92 Å². The van der Waals surface area contributed by atoms with E-state index in [4.69, 9.17) is 4.74 Å². The maximum absolute atomic E-state index is 13.9. The number of nitrogens with zero attached hydrogens (tertiary/aromatic N) is 1. The molecule has 1 saturated heterocycles. The SMILES string of the molecule is Cc1ccc(Oc2cc(CN3CCNCC3)cc(C(C)(F)F)c2)cc1. The summed E-state index contributed by atoms with van der Waals surface area (Å²) < 4.78 is 33.6. The summed E-state index contributed by atoms with van der Waals surface area (Å²) in [6, 6.07) is 12.5. The Morgan fingerprint density at radius 1 is 1.04 bits per heavy atom. The van der Waals surface area contributed by atoms with Gasteiger partial charge in [-0.1, -0.05) is 17.7 Å². The Morgan fingerprint density at radius 2 is 1.72 bits per heavy atom. The third-order valence-electron chi connectivity index (χ3n) is 4.35. The highest BCUT2D eigenvalue weighted by atomic mass is 19.3. The molecule has 134 valence electrons. The van der Waals surface area contributed by atoms with Crippen LogP contribution in [0.25, 0.3) is 0 Å². The third-order valence-corrected chi connectivity index (χ3v) is 4.35. The quantitative estimate of drug-likeness (QED) is 0.873. The maximum atomic E-state index is 13.9. The number of piperazine rings is 1. The van der Waals surface area contributed by atoms with Gasteiger partial charge < -0.3 is 10.1 Å². The predicted octanol–water partition coefficient (Wildman–Crippen LogP) is 4.30. The molecule has 1 heterocycles. The van der Waals surface area contributed by atoms with Gasteiger partial charge in [0, 0.05) is 45.2 Å². The van der Waals surface area contributed by atoms with Crippen LogP contribution in [0.1, 0.15) is 23.6 Å². The number of ether oxygens (including phenoxy) is 1. The average Bonchev–Trinajstić information content (AvgIpc) is 2.57. The van der Waals surface area contributed by atoms with E-state index in [1.807, 2.05) is 37.3 Å². The molecular formula is C20H24F2N2O. The first-order valence-corrected chi connectivity index (χ1v) is 8.60. The van der Waals surface area contributed by atoms with Crippen LogP contribution in [0.3, 0.4) is 0 Å². The summed E-state index contributed by atoms with van der Waals surface area (Å²) in [6.45, 7) is 7.25. The monoisotopic (exact) mass is 346 g/mol. The zero-order valence-corrected chi connectivity index (χ0v) is 14.7. The largest absolute Gasteiger partial charge is 0.457 e. The molecule has 0 aromatic heterocycles. The maximum Gasteiger partial charge on any atom is 0.270 e. The van der Waals surface area contributed by atoms with Crippen molar-refractivity contribution in [3.8, 4) is 11.5 Å². The Hall–Kier alpha value is -1.98. The summed E-state index contributed by atoms with van der Waals surface area (Å²) in [5, 5.41) is 3.30. The summed E-state index contributed by atoms with van der Waals surface area (Å²) >= 11 is 0. The summed E-state index contributed by atoms with van der Waals surface area (Å²) in [6.07, 6.45) is 0. The first-order chi connectivity index (χ1) is 11.9. The van der Waals surface area contributed by atoms with Gasteiger partial charge in [0.05, 0.1) is 0 Å². The fourth-order valence-corrected chi connectivity index (χ4v) is 2.93. The van der Waals surface area contributed by atoms with Crippen LogP contribution in [-0.2, 0) is 12.5 Å². The molecule has 5 heteroatoms. The smallest absolute Gasteiger partial charge is 0.270 e. The topological polar surface area (TPSA) is 24.5 Å². The zero-order chi connectivity index (χ0) is 17.9. The molecule has 0 atom stereocenters. The van der Waals surface area contributed by atoms with Crippen molar-refractivity contribution in [3.05, 3.63) is 59.2 Å². The van der Waals surface area contributed by atoms with Crippen LogP contribution >= 0.6 is 0 Å². The molecule has 0 bridgehead atoms. The van der Waals surface area contributed by atoms with E-state index in [-0.39, 0.29) is 5.56 Å². The summed E-state index contributed by atoms with van der Waals surface area (Å²) in [5.74, 6) is -1.80. The predicted molar refractivity (Wildman–Crippen MR) is 95.4 cm³/mol. The van der Waals surface area contributed by atoms with Gasteiger partial charge in [-0.15, -0.1) is 0 Å². The first-order valence-electron chi connectivity index (χ1n) is 8.60. The number of aryl methyl sites for hydroxylation is 1. The van der Waals surface area contributed by atoms with Gasteiger partial charge in [0.15, 0.2) is 0 Å². The minimum Gasteiger partial charge on any atom is -0.457 e. The van der Waals surface area contributed by atoms with Crippen molar-refractivity contribution in [3.63, 3.8) is 0 Å². The van der Waals surface area contributed by atoms with Crippen molar-refractivity contribution in [1.29, 1.82) is 0 Å². The van der Waals surface area contributed by atoms with Crippen LogP contribution in [0.4, 0.5) is 8.78 Å². The zero-order valence-electron chi connectivity index (χ0n) is 14.7. The number of benzene rings is 2. The van der Waals surface area contributed by atoms with Crippen LogP contribution in [0.15, 0.2) is 42.5 Å². The molecule has 2 aromatic carbocycles. The molecule has 1 aliphatic heterocycles. The lowest BCUT2D eigenvalue weighted by molar-refractivity contribution is 0.0171. The summed E-state index contributed by atoms with van der Waals surface area (Å²) in [7, 11) is 0. The highest BCUT2D eigenvalue weighted by molar-refractivity contribution is 5.40. The number of alkyl halides is 2. The number of hydrogen-bond acceptors (Lipinski definition) is 3. The number of halogens is 2. The van der Waals surface area contributed by atoms with E-state index in [1.54, 1.807) is 6.07 Å². The molecule has 0 amide bonds. The first kappa shape index (κ1) is 17.8. The van der Waals surface area contributed by atoms with Gasteiger partial charge in [0.2, 0.25) is 0 Å². The van der Waals surface area contributed by atoms with Crippen molar-refractivity contribution >= 4 is 0 Å². The minimum atomic E-state index is -2.90. The minimum absolute atomic E-state index is 0.0118. The fourth-order valence-electron chi connectivity index (χ4n) is 2.93. The van der Waals surface area contributed by atoms with Crippen LogP contribution in [0.2, 0.25) is 0 Å². The van der Waals surface area contributed by atoms with Gasteiger partial charge in [0.1, 0.15) is 11.5 Å². The van der Waals surface area contributed by atoms with Crippen molar-refractivity contribution in [2.24, 2.45) is 0 Å². The molecule has 1 N–H and O–H groups in total. The molecule has 1 aliphatic rings. The van der Waals surface area contributed by atoms with Crippen LogP contribution in [0, 0.1) is 6.92 Å². The lowest BCUT2D eigenvalue weighted by atomic mass is 10.0. The molecule has 3 rings (SSSR count). The van der Waals surface area contributed by atoms with Gasteiger partial charge in [-0.25, -0.2) is 8.78 Å². The standard InChI is InChI=1S/C20H24F2N2O/c1-15-3-5-18(6-4-15)25-19-12-16(11-17(13-19)20(2,21)22)14-24-9-7-23-8-10-24/h3-6,11-13,23H,7-10,14H2,1-2H3. The van der Waals surface area contributed by atoms with E-state index in [1.165, 1.54) is 6.07 Å². The second-order valence-electron chi connectivity index (χ2n) is 6.70. The van der Waals surface area contributed by atoms with Crippen molar-refractivity contribution in [2.75, 3.05) is 26.2 Å². The Bertz CT molecular complexity index is 705. The highest BCUT2D eigenvalue weighted by Gasteiger charge is 2.26. The summed E-state index contributed by atoms with van der Waals surface area (Å²) in [4.78, 5) is 2.26. The van der Waals surface area contributed by atoms with Crippen LogP contribution < -0.4 is 10.1 Å². The van der Waals surface area contributed by atoms with E-state index in [2.05, 4.69) is 10.2 Å². The summed E-state index contributed by atoms with van der Waals surface area (Å²) in [5.41, 5.74) is 1.96. The molecule has 0 radical (unpaired) electrons. The average molecular weight is 346 g/mol. The molecule has 3 nitrogen and oxygen atoms in total. The van der Waals surface area contributed by atoms with E-state index < -0.39 is 5.92 Å². The normalized spacial score (nSPS) is 16.0. The second kappa shape index (κ2) is 7.50. The molecule has 0 saturated carbocycles. The molecule has 0 spiro atoms. The fraction of sp³-hybridized carbons (Fsp3) is 0.400.